The highest BCUT2D eigenvalue weighted by molar-refractivity contribution is 5.87. The maximum absolute atomic E-state index is 12.1. The van der Waals surface area contributed by atoms with Crippen LogP contribution >= 0.6 is 0 Å². The average molecular weight is 467 g/mol. The Hall–Kier alpha value is -3.39. The number of benzene rings is 2. The molecule has 1 saturated carbocycles. The minimum absolute atomic E-state index is 0.00174. The fourth-order valence-electron chi connectivity index (χ4n) is 4.84. The van der Waals surface area contributed by atoms with Gasteiger partial charge in [-0.25, -0.2) is 9.59 Å². The topological polar surface area (TPSA) is 114 Å². The minimum atomic E-state index is -1.14. The summed E-state index contributed by atoms with van der Waals surface area (Å²) in [5.74, 6) is -1.32. The molecule has 0 saturated heterocycles. The van der Waals surface area contributed by atoms with Gasteiger partial charge in [0.15, 0.2) is 0 Å². The smallest absolute Gasteiger partial charge is 0.407 e. The van der Waals surface area contributed by atoms with E-state index in [2.05, 4.69) is 34.9 Å². The fourth-order valence-corrected chi connectivity index (χ4v) is 4.84. The van der Waals surface area contributed by atoms with Gasteiger partial charge in [-0.1, -0.05) is 61.4 Å². The van der Waals surface area contributed by atoms with Crippen LogP contribution in [0.5, 0.6) is 0 Å². The van der Waals surface area contributed by atoms with Crippen LogP contribution in [0.1, 0.15) is 49.1 Å². The second-order valence-electron chi connectivity index (χ2n) is 8.76. The van der Waals surface area contributed by atoms with Gasteiger partial charge in [-0.15, -0.1) is 0 Å². The largest absolute Gasteiger partial charge is 0.480 e. The number of hydrogen-bond donors (Lipinski definition) is 3. The highest BCUT2D eigenvalue weighted by Crippen LogP contribution is 2.44. The molecule has 0 bridgehead atoms. The zero-order valence-corrected chi connectivity index (χ0v) is 19.0. The van der Waals surface area contributed by atoms with Crippen molar-refractivity contribution in [2.75, 3.05) is 26.4 Å². The molecule has 2 aromatic carbocycles. The standard InChI is InChI=1S/C26H30N2O6/c29-23(28-26(24(30)31)12-5-6-13-26)11-15-33-16-14-27-25(32)34-17-22-20-9-3-1-7-18(20)19-8-2-4-10-21(19)22/h1-4,7-10,22H,5-6,11-17H2,(H,27,32)(H,28,29)(H,30,31). The Morgan fingerprint density at radius 1 is 0.941 bits per heavy atom. The van der Waals surface area contributed by atoms with Gasteiger partial charge >= 0.3 is 12.1 Å². The second kappa shape index (κ2) is 10.7. The number of alkyl carbamates (subject to hydrolysis) is 1. The van der Waals surface area contributed by atoms with Crippen molar-refractivity contribution in [2.45, 2.75) is 43.6 Å². The SMILES string of the molecule is O=C(CCOCCNC(=O)OCC1c2ccccc2-c2ccccc21)NC1(C(=O)O)CCCC1. The first kappa shape index (κ1) is 23.8. The molecule has 0 unspecified atom stereocenters. The first-order valence-electron chi connectivity index (χ1n) is 11.7. The molecule has 2 aromatic rings. The third-order valence-corrected chi connectivity index (χ3v) is 6.58. The van der Waals surface area contributed by atoms with Crippen LogP contribution in [0, 0.1) is 0 Å². The summed E-state index contributed by atoms with van der Waals surface area (Å²) in [5.41, 5.74) is 3.52. The number of ether oxygens (including phenoxy) is 2. The monoisotopic (exact) mass is 466 g/mol. The summed E-state index contributed by atoms with van der Waals surface area (Å²) in [6.45, 7) is 0.860. The summed E-state index contributed by atoms with van der Waals surface area (Å²) < 4.78 is 10.9. The summed E-state index contributed by atoms with van der Waals surface area (Å²) in [6, 6.07) is 16.3. The predicted octanol–water partition coefficient (Wildman–Crippen LogP) is 3.45. The number of amides is 2. The Morgan fingerprint density at radius 3 is 2.18 bits per heavy atom. The molecule has 2 aliphatic carbocycles. The van der Waals surface area contributed by atoms with Crippen molar-refractivity contribution in [2.24, 2.45) is 0 Å². The van der Waals surface area contributed by atoms with Crippen molar-refractivity contribution >= 4 is 18.0 Å². The third-order valence-electron chi connectivity index (χ3n) is 6.58. The molecule has 0 radical (unpaired) electrons. The lowest BCUT2D eigenvalue weighted by Crippen LogP contribution is -2.52. The number of carboxylic acids is 1. The highest BCUT2D eigenvalue weighted by Gasteiger charge is 2.42. The number of nitrogens with one attached hydrogen (secondary N) is 2. The first-order chi connectivity index (χ1) is 16.5. The number of rotatable bonds is 10. The lowest BCUT2D eigenvalue weighted by Gasteiger charge is -2.25. The second-order valence-corrected chi connectivity index (χ2v) is 8.76. The van der Waals surface area contributed by atoms with E-state index in [-0.39, 0.29) is 44.6 Å². The van der Waals surface area contributed by atoms with E-state index in [1.807, 2.05) is 24.3 Å². The maximum Gasteiger partial charge on any atom is 0.407 e. The molecule has 2 amide bonds. The van der Waals surface area contributed by atoms with E-state index in [0.717, 1.165) is 24.0 Å². The minimum Gasteiger partial charge on any atom is -0.480 e. The maximum atomic E-state index is 12.1. The van der Waals surface area contributed by atoms with E-state index in [4.69, 9.17) is 9.47 Å². The summed E-state index contributed by atoms with van der Waals surface area (Å²) in [5, 5.41) is 14.7. The van der Waals surface area contributed by atoms with Gasteiger partial charge < -0.3 is 25.2 Å². The van der Waals surface area contributed by atoms with Crippen LogP contribution in [0.4, 0.5) is 4.79 Å². The molecule has 34 heavy (non-hydrogen) atoms. The number of fused-ring (bicyclic) bond motifs is 3. The zero-order chi connectivity index (χ0) is 24.0. The number of aliphatic carboxylic acids is 1. The Kier molecular flexibility index (Phi) is 7.47. The van der Waals surface area contributed by atoms with Gasteiger partial charge in [0.1, 0.15) is 12.1 Å². The lowest BCUT2D eigenvalue weighted by atomic mass is 9.97. The van der Waals surface area contributed by atoms with Crippen LogP contribution in [-0.4, -0.2) is 55.0 Å². The molecule has 8 heteroatoms. The average Bonchev–Trinajstić information content (AvgIpc) is 3.44. The predicted molar refractivity (Wildman–Crippen MR) is 125 cm³/mol. The van der Waals surface area contributed by atoms with E-state index in [1.165, 1.54) is 11.1 Å². The van der Waals surface area contributed by atoms with Crippen molar-refractivity contribution in [3.8, 4) is 11.1 Å². The van der Waals surface area contributed by atoms with Crippen molar-refractivity contribution in [3.05, 3.63) is 59.7 Å². The van der Waals surface area contributed by atoms with Crippen LogP contribution in [0.3, 0.4) is 0 Å². The van der Waals surface area contributed by atoms with Gasteiger partial charge in [-0.05, 0) is 35.1 Å². The first-order valence-corrected chi connectivity index (χ1v) is 11.7. The summed E-state index contributed by atoms with van der Waals surface area (Å²) in [6.07, 6.45) is 2.06. The summed E-state index contributed by atoms with van der Waals surface area (Å²) >= 11 is 0. The van der Waals surface area contributed by atoms with E-state index < -0.39 is 17.6 Å². The Morgan fingerprint density at radius 2 is 1.56 bits per heavy atom. The molecule has 1 fully saturated rings. The molecular weight excluding hydrogens is 436 g/mol. The molecule has 0 spiro atoms. The third kappa shape index (κ3) is 5.22. The summed E-state index contributed by atoms with van der Waals surface area (Å²) in [4.78, 5) is 35.7. The van der Waals surface area contributed by atoms with Gasteiger partial charge in [-0.2, -0.15) is 0 Å². The van der Waals surface area contributed by atoms with E-state index in [0.29, 0.717) is 12.8 Å². The quantitative estimate of drug-likeness (QED) is 0.462. The van der Waals surface area contributed by atoms with Crippen LogP contribution in [0.15, 0.2) is 48.5 Å². The fraction of sp³-hybridized carbons (Fsp3) is 0.423. The van der Waals surface area contributed by atoms with Crippen LogP contribution < -0.4 is 10.6 Å². The van der Waals surface area contributed by atoms with E-state index in [9.17, 15) is 19.5 Å². The lowest BCUT2D eigenvalue weighted by molar-refractivity contribution is -0.147. The molecule has 0 aliphatic heterocycles. The van der Waals surface area contributed by atoms with Crippen molar-refractivity contribution in [1.82, 2.24) is 10.6 Å². The van der Waals surface area contributed by atoms with Crippen LogP contribution in [-0.2, 0) is 19.1 Å². The van der Waals surface area contributed by atoms with Crippen molar-refractivity contribution in [1.29, 1.82) is 0 Å². The van der Waals surface area contributed by atoms with Crippen LogP contribution in [0.2, 0.25) is 0 Å². The number of carbonyl (C=O) groups is 3. The Bertz CT molecular complexity index is 1000. The van der Waals surface area contributed by atoms with E-state index >= 15 is 0 Å². The van der Waals surface area contributed by atoms with Crippen LogP contribution in [0.25, 0.3) is 11.1 Å². The molecular formula is C26H30N2O6. The molecule has 0 heterocycles. The molecule has 2 aliphatic rings. The van der Waals surface area contributed by atoms with E-state index in [1.54, 1.807) is 0 Å². The molecule has 180 valence electrons. The molecule has 3 N–H and O–H groups in total. The normalized spacial score (nSPS) is 15.9. The highest BCUT2D eigenvalue weighted by atomic mass is 16.5. The van der Waals surface area contributed by atoms with Gasteiger partial charge in [0.25, 0.3) is 0 Å². The van der Waals surface area contributed by atoms with Gasteiger partial charge in [0.05, 0.1) is 13.2 Å². The van der Waals surface area contributed by atoms with Gasteiger partial charge in [0, 0.05) is 18.9 Å². The molecule has 8 nitrogen and oxygen atoms in total. The zero-order valence-electron chi connectivity index (χ0n) is 19.0. The summed E-state index contributed by atoms with van der Waals surface area (Å²) in [7, 11) is 0. The molecule has 0 aromatic heterocycles. The van der Waals surface area contributed by atoms with Gasteiger partial charge in [0.2, 0.25) is 5.91 Å². The van der Waals surface area contributed by atoms with Crippen molar-refractivity contribution < 1.29 is 29.0 Å². The van der Waals surface area contributed by atoms with Gasteiger partial charge in [-0.3, -0.25) is 4.79 Å². The number of carbonyl (C=O) groups excluding carboxylic acids is 2. The molecule has 0 atom stereocenters. The number of hydrogen-bond acceptors (Lipinski definition) is 5. The Labute approximate surface area is 198 Å². The number of carboxylic acid groups (broad SMARTS) is 1. The van der Waals surface area contributed by atoms with Crippen molar-refractivity contribution in [3.63, 3.8) is 0 Å². The molecule has 4 rings (SSSR count). The Balaban J connectivity index is 1.14.